The zero-order chi connectivity index (χ0) is 29.7. The molecule has 4 heterocycles. The number of carbonyl (C=O) groups excluding carboxylic acids is 1. The lowest BCUT2D eigenvalue weighted by molar-refractivity contribution is -0.173. The summed E-state index contributed by atoms with van der Waals surface area (Å²) in [7, 11) is 0.750. The van der Waals surface area contributed by atoms with Crippen LogP contribution in [0.5, 0.6) is 0 Å². The van der Waals surface area contributed by atoms with Gasteiger partial charge in [-0.15, -0.1) is 0 Å². The van der Waals surface area contributed by atoms with Gasteiger partial charge in [0.1, 0.15) is 6.04 Å². The molecule has 5 aliphatic rings. The minimum atomic E-state index is -4.51. The number of halogens is 3. The highest BCUT2D eigenvalue weighted by Gasteiger charge is 2.59. The van der Waals surface area contributed by atoms with Crippen LogP contribution >= 0.6 is 0 Å². The van der Waals surface area contributed by atoms with Gasteiger partial charge in [-0.05, 0) is 95.6 Å². The van der Waals surface area contributed by atoms with Crippen LogP contribution in [0, 0.1) is 29.6 Å². The molecule has 5 fully saturated rings. The quantitative estimate of drug-likeness (QED) is 0.517. The number of hydrogen-bond donors (Lipinski definition) is 1. The molecule has 1 N–H and O–H groups in total. The molecule has 12 heteroatoms. The largest absolute Gasteiger partial charge is 0.406 e. The lowest BCUT2D eigenvalue weighted by Crippen LogP contribution is -2.53. The molecule has 4 saturated heterocycles. The summed E-state index contributed by atoms with van der Waals surface area (Å²) in [5.41, 5.74) is 2.69. The van der Waals surface area contributed by atoms with Crippen LogP contribution in [-0.2, 0) is 14.8 Å². The summed E-state index contributed by atoms with van der Waals surface area (Å²) < 4.78 is 71.3. The first-order valence-corrected chi connectivity index (χ1v) is 17.3. The lowest BCUT2D eigenvalue weighted by atomic mass is 9.74. The Hall–Kier alpha value is -0.950. The van der Waals surface area contributed by atoms with E-state index in [-0.39, 0.29) is 34.8 Å². The van der Waals surface area contributed by atoms with Gasteiger partial charge in [0.25, 0.3) is 0 Å². The van der Waals surface area contributed by atoms with E-state index in [1.807, 2.05) is 14.1 Å². The molecule has 6 atom stereocenters. The first-order valence-electron chi connectivity index (χ1n) is 15.8. The van der Waals surface area contributed by atoms with Crippen molar-refractivity contribution in [3.63, 3.8) is 0 Å². The number of piperidine rings is 3. The van der Waals surface area contributed by atoms with Crippen molar-refractivity contribution in [3.05, 3.63) is 0 Å². The zero-order valence-corrected chi connectivity index (χ0v) is 26.0. The average Bonchev–Trinajstić information content (AvgIpc) is 3.32. The molecule has 1 saturated carbocycles. The van der Waals surface area contributed by atoms with Crippen molar-refractivity contribution in [1.29, 1.82) is 0 Å². The van der Waals surface area contributed by atoms with E-state index < -0.39 is 34.2 Å². The molecule has 0 radical (unpaired) electrons. The van der Waals surface area contributed by atoms with Gasteiger partial charge in [-0.2, -0.15) is 13.2 Å². The van der Waals surface area contributed by atoms with Crippen LogP contribution in [0.25, 0.3) is 0 Å². The number of likely N-dealkylation sites (tertiary alicyclic amines) is 1. The fraction of sp³-hybridized carbons (Fsp3) is 0.966. The van der Waals surface area contributed by atoms with Crippen molar-refractivity contribution in [3.8, 4) is 0 Å². The highest BCUT2D eigenvalue weighted by atomic mass is 32.2. The Morgan fingerprint density at radius 1 is 0.854 bits per heavy atom. The number of nitrogens with zero attached hydrogens (tertiary/aromatic N) is 4. The molecule has 0 aromatic heterocycles. The molecule has 1 amide bonds. The van der Waals surface area contributed by atoms with Crippen LogP contribution < -0.4 is 5.43 Å². The van der Waals surface area contributed by atoms with E-state index in [1.54, 1.807) is 14.2 Å². The van der Waals surface area contributed by atoms with E-state index in [1.165, 1.54) is 0 Å². The Labute approximate surface area is 244 Å². The van der Waals surface area contributed by atoms with Crippen LogP contribution in [0.3, 0.4) is 0 Å². The van der Waals surface area contributed by atoms with E-state index >= 15 is 0 Å². The summed E-state index contributed by atoms with van der Waals surface area (Å²) in [6.45, 7) is 6.62. The zero-order valence-electron chi connectivity index (χ0n) is 25.2. The summed E-state index contributed by atoms with van der Waals surface area (Å²) in [5, 5.41) is 1.38. The van der Waals surface area contributed by atoms with Gasteiger partial charge in [0, 0.05) is 44.8 Å². The predicted molar refractivity (Wildman–Crippen MR) is 152 cm³/mol. The fourth-order valence-electron chi connectivity index (χ4n) is 8.75. The average molecular weight is 606 g/mol. The number of rotatable bonds is 5. The SMILES string of the molecule is CC1CC(C)CN(C(=O)C2C3CC(C4CCN(S(=O)(=O)C5CCC(N(C)C)CC5)CC4)CCN3NC2C(F)(F)F)C1. The third-order valence-electron chi connectivity index (χ3n) is 10.9. The lowest BCUT2D eigenvalue weighted by Gasteiger charge is -2.43. The van der Waals surface area contributed by atoms with Crippen LogP contribution in [-0.4, -0.2) is 110 Å². The summed E-state index contributed by atoms with van der Waals surface area (Å²) in [5.74, 6) is -0.491. The molecule has 0 bridgehead atoms. The van der Waals surface area contributed by atoms with Crippen molar-refractivity contribution < 1.29 is 26.4 Å². The van der Waals surface area contributed by atoms with Gasteiger partial charge in [-0.1, -0.05) is 13.8 Å². The van der Waals surface area contributed by atoms with Gasteiger partial charge in [-0.3, -0.25) is 4.79 Å². The minimum Gasteiger partial charge on any atom is -0.342 e. The van der Waals surface area contributed by atoms with Crippen LogP contribution in [0.4, 0.5) is 13.2 Å². The molecule has 0 spiro atoms. The molecule has 4 aliphatic heterocycles. The van der Waals surface area contributed by atoms with Crippen LogP contribution in [0.2, 0.25) is 0 Å². The van der Waals surface area contributed by atoms with Crippen molar-refractivity contribution in [1.82, 2.24) is 24.5 Å². The maximum Gasteiger partial charge on any atom is 0.406 e. The second-order valence-electron chi connectivity index (χ2n) is 14.1. The van der Waals surface area contributed by atoms with E-state index in [0.717, 1.165) is 38.5 Å². The standard InChI is InChI=1S/C29H50F3N5O3S/c1-19-15-20(2)18-35(17-19)28(38)26-25-16-22(11-14-37(25)33-27(26)29(30,31)32)21-9-12-36(13-10-21)41(39,40)24-7-5-23(6-8-24)34(3)4/h19-27,33H,5-18H2,1-4H3. The smallest absolute Gasteiger partial charge is 0.342 e. The Morgan fingerprint density at radius 3 is 2.00 bits per heavy atom. The molecule has 41 heavy (non-hydrogen) atoms. The van der Waals surface area contributed by atoms with Crippen LogP contribution in [0.15, 0.2) is 0 Å². The molecule has 5 rings (SSSR count). The maximum atomic E-state index is 14.2. The molecule has 0 aromatic rings. The Bertz CT molecular complexity index is 1020. The molecular weight excluding hydrogens is 555 g/mol. The number of hydrazine groups is 1. The first kappa shape index (κ1) is 31.5. The van der Waals surface area contributed by atoms with Crippen molar-refractivity contribution in [2.75, 3.05) is 46.8 Å². The van der Waals surface area contributed by atoms with Crippen molar-refractivity contribution in [2.45, 2.75) is 101 Å². The second-order valence-corrected chi connectivity index (χ2v) is 16.3. The number of nitrogens with one attached hydrogen (secondary N) is 1. The maximum absolute atomic E-state index is 14.2. The molecule has 1 aliphatic carbocycles. The van der Waals surface area contributed by atoms with Crippen molar-refractivity contribution >= 4 is 15.9 Å². The number of alkyl halides is 3. The summed E-state index contributed by atoms with van der Waals surface area (Å²) >= 11 is 0. The number of hydrogen-bond acceptors (Lipinski definition) is 6. The second kappa shape index (κ2) is 12.2. The summed E-state index contributed by atoms with van der Waals surface area (Å²) in [4.78, 5) is 17.6. The van der Waals surface area contributed by atoms with Gasteiger partial charge in [0.15, 0.2) is 0 Å². The summed E-state index contributed by atoms with van der Waals surface area (Å²) in [6, 6.07) is -1.91. The van der Waals surface area contributed by atoms with Crippen molar-refractivity contribution in [2.24, 2.45) is 29.6 Å². The normalized spacial score (nSPS) is 38.8. The third-order valence-corrected chi connectivity index (χ3v) is 13.3. The van der Waals surface area contributed by atoms with E-state index in [0.29, 0.717) is 58.0 Å². The van der Waals surface area contributed by atoms with Gasteiger partial charge in [0.2, 0.25) is 15.9 Å². The Balaban J connectivity index is 1.22. The van der Waals surface area contributed by atoms with Gasteiger partial charge >= 0.3 is 6.18 Å². The number of fused-ring (bicyclic) bond motifs is 1. The number of carbonyl (C=O) groups is 1. The highest BCUT2D eigenvalue weighted by molar-refractivity contribution is 7.89. The predicted octanol–water partition coefficient (Wildman–Crippen LogP) is 3.55. The van der Waals surface area contributed by atoms with Gasteiger partial charge < -0.3 is 9.80 Å². The monoisotopic (exact) mass is 605 g/mol. The fourth-order valence-corrected chi connectivity index (χ4v) is 10.8. The first-order chi connectivity index (χ1) is 19.3. The molecule has 8 nitrogen and oxygen atoms in total. The highest BCUT2D eigenvalue weighted by Crippen LogP contribution is 2.44. The van der Waals surface area contributed by atoms with Gasteiger partial charge in [-0.25, -0.2) is 23.2 Å². The van der Waals surface area contributed by atoms with E-state index in [2.05, 4.69) is 24.2 Å². The minimum absolute atomic E-state index is 0.194. The summed E-state index contributed by atoms with van der Waals surface area (Å²) in [6.07, 6.45) is 2.44. The Kier molecular flexibility index (Phi) is 9.37. The molecule has 236 valence electrons. The number of sulfonamides is 1. The molecule has 6 unspecified atom stereocenters. The Morgan fingerprint density at radius 2 is 1.44 bits per heavy atom. The molecule has 0 aromatic carbocycles. The number of amides is 1. The van der Waals surface area contributed by atoms with E-state index in [9.17, 15) is 26.4 Å². The van der Waals surface area contributed by atoms with E-state index in [4.69, 9.17) is 0 Å². The van der Waals surface area contributed by atoms with Gasteiger partial charge in [0.05, 0.1) is 11.2 Å². The molecular formula is C29H50F3N5O3S. The third kappa shape index (κ3) is 6.61. The van der Waals surface area contributed by atoms with Crippen LogP contribution in [0.1, 0.15) is 71.6 Å². The topological polar surface area (TPSA) is 76.2 Å².